The molecule has 1 rings (SSSR count). The lowest BCUT2D eigenvalue weighted by molar-refractivity contribution is -0.128. The zero-order valence-electron chi connectivity index (χ0n) is 8.37. The van der Waals surface area contributed by atoms with Crippen molar-refractivity contribution in [2.75, 3.05) is 18.5 Å². The van der Waals surface area contributed by atoms with Crippen molar-refractivity contribution in [1.82, 2.24) is 5.16 Å². The number of anilines is 1. The SMILES string of the molecule is CCNc1noc(C)c1CCOC=O. The highest BCUT2D eigenvalue weighted by molar-refractivity contribution is 5.45. The van der Waals surface area contributed by atoms with Crippen molar-refractivity contribution >= 4 is 12.3 Å². The highest BCUT2D eigenvalue weighted by atomic mass is 16.5. The van der Waals surface area contributed by atoms with Crippen LogP contribution in [-0.2, 0) is 16.0 Å². The Bertz CT molecular complexity index is 296. The quantitative estimate of drug-likeness (QED) is 0.548. The Kier molecular flexibility index (Phi) is 3.97. The van der Waals surface area contributed by atoms with Crippen molar-refractivity contribution in [3.63, 3.8) is 0 Å². The van der Waals surface area contributed by atoms with Gasteiger partial charge >= 0.3 is 0 Å². The van der Waals surface area contributed by atoms with E-state index in [-0.39, 0.29) is 0 Å². The van der Waals surface area contributed by atoms with Gasteiger partial charge in [0.25, 0.3) is 6.47 Å². The summed E-state index contributed by atoms with van der Waals surface area (Å²) in [6.07, 6.45) is 0.621. The van der Waals surface area contributed by atoms with Crippen molar-refractivity contribution in [3.8, 4) is 0 Å². The molecule has 5 nitrogen and oxygen atoms in total. The topological polar surface area (TPSA) is 64.4 Å². The van der Waals surface area contributed by atoms with Crippen LogP contribution in [0.15, 0.2) is 4.52 Å². The molecule has 0 aliphatic heterocycles. The Hall–Kier alpha value is -1.52. The number of nitrogens with one attached hydrogen (secondary N) is 1. The standard InChI is InChI=1S/C9H14N2O3/c1-3-10-9-8(4-5-13-6-12)7(2)14-11-9/h6H,3-5H2,1-2H3,(H,10,11). The average Bonchev–Trinajstić information content (AvgIpc) is 2.50. The smallest absolute Gasteiger partial charge is 0.293 e. The third kappa shape index (κ3) is 2.48. The highest BCUT2D eigenvalue weighted by Crippen LogP contribution is 2.18. The van der Waals surface area contributed by atoms with Gasteiger partial charge in [-0.1, -0.05) is 5.16 Å². The summed E-state index contributed by atoms with van der Waals surface area (Å²) < 4.78 is 9.64. The van der Waals surface area contributed by atoms with E-state index in [0.717, 1.165) is 23.7 Å². The summed E-state index contributed by atoms with van der Waals surface area (Å²) in [4.78, 5) is 9.95. The minimum Gasteiger partial charge on any atom is -0.468 e. The second-order valence-electron chi connectivity index (χ2n) is 2.81. The lowest BCUT2D eigenvalue weighted by Crippen LogP contribution is -2.03. The first kappa shape index (κ1) is 10.6. The molecule has 0 aromatic carbocycles. The van der Waals surface area contributed by atoms with E-state index in [1.807, 2.05) is 13.8 Å². The summed E-state index contributed by atoms with van der Waals surface area (Å²) in [5.74, 6) is 1.50. The fraction of sp³-hybridized carbons (Fsp3) is 0.556. The normalized spacial score (nSPS) is 9.86. The summed E-state index contributed by atoms with van der Waals surface area (Å²) in [5.41, 5.74) is 0.966. The maximum atomic E-state index is 9.95. The Labute approximate surface area is 82.4 Å². The van der Waals surface area contributed by atoms with Crippen LogP contribution in [0.4, 0.5) is 5.82 Å². The molecule has 1 heterocycles. The first-order valence-corrected chi connectivity index (χ1v) is 4.53. The van der Waals surface area contributed by atoms with Gasteiger partial charge < -0.3 is 14.6 Å². The van der Waals surface area contributed by atoms with Gasteiger partial charge in [-0.2, -0.15) is 0 Å². The number of ether oxygens (including phenoxy) is 1. The number of rotatable bonds is 6. The number of carbonyl (C=O) groups excluding carboxylic acids is 1. The van der Waals surface area contributed by atoms with Gasteiger partial charge in [0.1, 0.15) is 5.76 Å². The molecule has 0 saturated carbocycles. The molecule has 14 heavy (non-hydrogen) atoms. The lowest BCUT2D eigenvalue weighted by atomic mass is 10.2. The van der Waals surface area contributed by atoms with Crippen LogP contribution in [-0.4, -0.2) is 24.8 Å². The molecule has 0 saturated heterocycles. The molecular formula is C9H14N2O3. The molecule has 1 aromatic rings. The van der Waals surface area contributed by atoms with E-state index in [0.29, 0.717) is 19.5 Å². The number of nitrogens with zero attached hydrogens (tertiary/aromatic N) is 1. The van der Waals surface area contributed by atoms with Crippen LogP contribution in [0.5, 0.6) is 0 Å². The van der Waals surface area contributed by atoms with E-state index in [2.05, 4.69) is 15.2 Å². The second-order valence-corrected chi connectivity index (χ2v) is 2.81. The zero-order valence-corrected chi connectivity index (χ0v) is 8.37. The second kappa shape index (κ2) is 5.26. The molecular weight excluding hydrogens is 184 g/mol. The monoisotopic (exact) mass is 198 g/mol. The molecule has 0 amide bonds. The van der Waals surface area contributed by atoms with Crippen LogP contribution in [0.2, 0.25) is 0 Å². The minimum atomic E-state index is 0.351. The van der Waals surface area contributed by atoms with Crippen molar-refractivity contribution in [2.24, 2.45) is 0 Å². The van der Waals surface area contributed by atoms with Gasteiger partial charge in [0.15, 0.2) is 5.82 Å². The Morgan fingerprint density at radius 1 is 1.64 bits per heavy atom. The summed E-state index contributed by atoms with van der Waals surface area (Å²) >= 11 is 0. The maximum Gasteiger partial charge on any atom is 0.293 e. The van der Waals surface area contributed by atoms with Gasteiger partial charge in [-0.3, -0.25) is 4.79 Å². The summed E-state index contributed by atoms with van der Waals surface area (Å²) in [7, 11) is 0. The fourth-order valence-corrected chi connectivity index (χ4v) is 1.20. The Morgan fingerprint density at radius 3 is 3.07 bits per heavy atom. The first-order valence-electron chi connectivity index (χ1n) is 4.53. The van der Waals surface area contributed by atoms with Gasteiger partial charge in [-0.15, -0.1) is 0 Å². The molecule has 1 N–H and O–H groups in total. The van der Waals surface area contributed by atoms with Crippen molar-refractivity contribution < 1.29 is 14.1 Å². The Balaban J connectivity index is 2.62. The molecule has 0 aliphatic rings. The van der Waals surface area contributed by atoms with E-state index in [4.69, 9.17) is 4.52 Å². The van der Waals surface area contributed by atoms with Crippen LogP contribution < -0.4 is 5.32 Å². The molecule has 5 heteroatoms. The van der Waals surface area contributed by atoms with Gasteiger partial charge in [0, 0.05) is 18.5 Å². The minimum absolute atomic E-state index is 0.351. The van der Waals surface area contributed by atoms with E-state index >= 15 is 0 Å². The van der Waals surface area contributed by atoms with E-state index in [1.54, 1.807) is 0 Å². The molecule has 0 radical (unpaired) electrons. The predicted octanol–water partition coefficient (Wildman–Crippen LogP) is 1.13. The number of hydrogen-bond acceptors (Lipinski definition) is 5. The highest BCUT2D eigenvalue weighted by Gasteiger charge is 2.11. The van der Waals surface area contributed by atoms with Gasteiger partial charge in [-0.25, -0.2) is 0 Å². The largest absolute Gasteiger partial charge is 0.468 e. The maximum absolute atomic E-state index is 9.95. The summed E-state index contributed by atoms with van der Waals surface area (Å²) in [5, 5.41) is 6.93. The molecule has 0 atom stereocenters. The number of carbonyl (C=O) groups is 1. The third-order valence-electron chi connectivity index (χ3n) is 1.87. The van der Waals surface area contributed by atoms with E-state index in [1.165, 1.54) is 0 Å². The number of aryl methyl sites for hydroxylation is 1. The molecule has 0 bridgehead atoms. The lowest BCUT2D eigenvalue weighted by Gasteiger charge is -2.01. The van der Waals surface area contributed by atoms with E-state index < -0.39 is 0 Å². The Morgan fingerprint density at radius 2 is 2.43 bits per heavy atom. The van der Waals surface area contributed by atoms with Gasteiger partial charge in [0.05, 0.1) is 6.61 Å². The predicted molar refractivity (Wildman–Crippen MR) is 51.1 cm³/mol. The third-order valence-corrected chi connectivity index (χ3v) is 1.87. The van der Waals surface area contributed by atoms with Gasteiger partial charge in [0.2, 0.25) is 0 Å². The van der Waals surface area contributed by atoms with Crippen LogP contribution in [0.25, 0.3) is 0 Å². The summed E-state index contributed by atoms with van der Waals surface area (Å²) in [6, 6.07) is 0. The first-order chi connectivity index (χ1) is 6.79. The molecule has 0 fully saturated rings. The van der Waals surface area contributed by atoms with Crippen LogP contribution in [0.3, 0.4) is 0 Å². The molecule has 78 valence electrons. The van der Waals surface area contributed by atoms with E-state index in [9.17, 15) is 4.79 Å². The number of aromatic nitrogens is 1. The zero-order chi connectivity index (χ0) is 10.4. The van der Waals surface area contributed by atoms with Crippen LogP contribution in [0.1, 0.15) is 18.2 Å². The van der Waals surface area contributed by atoms with Crippen LogP contribution in [0, 0.1) is 6.92 Å². The molecule has 1 aromatic heterocycles. The van der Waals surface area contributed by atoms with Crippen molar-refractivity contribution in [1.29, 1.82) is 0 Å². The molecule has 0 spiro atoms. The van der Waals surface area contributed by atoms with Gasteiger partial charge in [-0.05, 0) is 13.8 Å². The average molecular weight is 198 g/mol. The van der Waals surface area contributed by atoms with Crippen molar-refractivity contribution in [2.45, 2.75) is 20.3 Å². The van der Waals surface area contributed by atoms with Crippen LogP contribution >= 0.6 is 0 Å². The molecule has 0 aliphatic carbocycles. The summed E-state index contributed by atoms with van der Waals surface area (Å²) in [6.45, 7) is 5.40. The number of hydrogen-bond donors (Lipinski definition) is 1. The van der Waals surface area contributed by atoms with Crippen molar-refractivity contribution in [3.05, 3.63) is 11.3 Å². The fourth-order valence-electron chi connectivity index (χ4n) is 1.20. The molecule has 0 unspecified atom stereocenters.